The lowest BCUT2D eigenvalue weighted by molar-refractivity contribution is 0.102. The van der Waals surface area contributed by atoms with Crippen molar-refractivity contribution in [3.8, 4) is 0 Å². The second kappa shape index (κ2) is 9.58. The van der Waals surface area contributed by atoms with Gasteiger partial charge in [-0.05, 0) is 66.9 Å². The molecule has 1 aliphatic heterocycles. The second-order valence-corrected chi connectivity index (χ2v) is 10.3. The van der Waals surface area contributed by atoms with Crippen molar-refractivity contribution in [2.75, 3.05) is 11.9 Å². The van der Waals surface area contributed by atoms with E-state index in [4.69, 9.17) is 23.2 Å². The molecule has 32 heavy (non-hydrogen) atoms. The van der Waals surface area contributed by atoms with E-state index in [1.54, 1.807) is 41.0 Å². The van der Waals surface area contributed by atoms with Crippen molar-refractivity contribution in [3.05, 3.63) is 88.2 Å². The molecule has 1 aliphatic rings. The third-order valence-corrected chi connectivity index (χ3v) is 7.90. The summed E-state index contributed by atoms with van der Waals surface area (Å²) >= 11 is 12.0. The van der Waals surface area contributed by atoms with Crippen molar-refractivity contribution in [1.82, 2.24) is 9.29 Å². The van der Waals surface area contributed by atoms with E-state index in [1.165, 1.54) is 18.2 Å². The fraction of sp³-hybridized carbons (Fsp3) is 0.217. The van der Waals surface area contributed by atoms with E-state index in [1.807, 2.05) is 12.1 Å². The molecule has 0 unspecified atom stereocenters. The first-order valence-electron chi connectivity index (χ1n) is 10.1. The standard InChI is InChI=1S/C23H21Cl2N3O3S/c24-17-6-11-21(25)20(14-17)23(29)27-18-7-9-19(10-8-18)32(30,31)28-13-2-1-5-22(28)16-4-3-12-26-15-16/h3-4,6-12,14-15,22H,1-2,5,13H2,(H,27,29)/t22-/m1/s1. The van der Waals surface area contributed by atoms with Crippen LogP contribution in [0.4, 0.5) is 5.69 Å². The third-order valence-electron chi connectivity index (χ3n) is 5.41. The molecule has 1 aromatic heterocycles. The first kappa shape index (κ1) is 22.7. The van der Waals surface area contributed by atoms with Crippen LogP contribution >= 0.6 is 23.2 Å². The van der Waals surface area contributed by atoms with Gasteiger partial charge < -0.3 is 5.32 Å². The monoisotopic (exact) mass is 489 g/mol. The van der Waals surface area contributed by atoms with Gasteiger partial charge in [-0.25, -0.2) is 8.42 Å². The Labute approximate surface area is 197 Å². The van der Waals surface area contributed by atoms with E-state index in [-0.39, 0.29) is 21.5 Å². The number of carbonyl (C=O) groups is 1. The zero-order valence-electron chi connectivity index (χ0n) is 17.0. The molecular formula is C23H21Cl2N3O3S. The molecule has 3 aromatic rings. The van der Waals surface area contributed by atoms with Crippen molar-refractivity contribution in [1.29, 1.82) is 0 Å². The molecule has 0 bridgehead atoms. The summed E-state index contributed by atoms with van der Waals surface area (Å²) in [7, 11) is -3.71. The second-order valence-electron chi connectivity index (χ2n) is 7.52. The number of piperidine rings is 1. The predicted molar refractivity (Wildman–Crippen MR) is 126 cm³/mol. The van der Waals surface area contributed by atoms with Gasteiger partial charge in [-0.1, -0.05) is 35.7 Å². The summed E-state index contributed by atoms with van der Waals surface area (Å²) in [6.45, 7) is 0.452. The van der Waals surface area contributed by atoms with E-state index >= 15 is 0 Å². The molecule has 0 saturated carbocycles. The summed E-state index contributed by atoms with van der Waals surface area (Å²) in [4.78, 5) is 16.8. The Balaban J connectivity index is 1.55. The number of halogens is 2. The molecule has 9 heteroatoms. The molecule has 6 nitrogen and oxygen atoms in total. The molecule has 1 atom stereocenters. The van der Waals surface area contributed by atoms with E-state index in [9.17, 15) is 13.2 Å². The van der Waals surface area contributed by atoms with Crippen LogP contribution in [0.3, 0.4) is 0 Å². The molecule has 1 N–H and O–H groups in total. The zero-order valence-corrected chi connectivity index (χ0v) is 19.4. The Bertz CT molecular complexity index is 1220. The molecule has 2 heterocycles. The number of amides is 1. The van der Waals surface area contributed by atoms with E-state index < -0.39 is 15.9 Å². The Morgan fingerprint density at radius 2 is 1.84 bits per heavy atom. The summed E-state index contributed by atoms with van der Waals surface area (Å²) in [5, 5.41) is 3.39. The largest absolute Gasteiger partial charge is 0.322 e. The first-order valence-corrected chi connectivity index (χ1v) is 12.3. The molecule has 0 aliphatic carbocycles. The number of carbonyl (C=O) groups excluding carboxylic acids is 1. The Kier molecular flexibility index (Phi) is 6.81. The first-order chi connectivity index (χ1) is 15.4. The van der Waals surface area contributed by atoms with Gasteiger partial charge in [0.15, 0.2) is 0 Å². The predicted octanol–water partition coefficient (Wildman–Crippen LogP) is 5.56. The van der Waals surface area contributed by atoms with Gasteiger partial charge in [0, 0.05) is 29.6 Å². The highest BCUT2D eigenvalue weighted by molar-refractivity contribution is 7.89. The van der Waals surface area contributed by atoms with Gasteiger partial charge in [0.05, 0.1) is 21.5 Å². The Morgan fingerprint density at radius 1 is 1.06 bits per heavy atom. The summed E-state index contributed by atoms with van der Waals surface area (Å²) in [6.07, 6.45) is 5.92. The SMILES string of the molecule is O=C(Nc1ccc(S(=O)(=O)N2CCCC[C@@H]2c2cccnc2)cc1)c1cc(Cl)ccc1Cl. The van der Waals surface area contributed by atoms with Crippen LogP contribution < -0.4 is 5.32 Å². The van der Waals surface area contributed by atoms with Crippen LogP contribution in [0.15, 0.2) is 71.9 Å². The number of rotatable bonds is 5. The van der Waals surface area contributed by atoms with Gasteiger partial charge in [-0.3, -0.25) is 9.78 Å². The number of hydrogen-bond donors (Lipinski definition) is 1. The zero-order chi connectivity index (χ0) is 22.7. The molecular weight excluding hydrogens is 469 g/mol. The number of aromatic nitrogens is 1. The van der Waals surface area contributed by atoms with Gasteiger partial charge in [0.2, 0.25) is 10.0 Å². The average Bonchev–Trinajstić information content (AvgIpc) is 2.81. The minimum absolute atomic E-state index is 0.173. The molecule has 4 rings (SSSR count). The Hall–Kier alpha value is -2.45. The highest BCUT2D eigenvalue weighted by Gasteiger charge is 2.34. The van der Waals surface area contributed by atoms with Crippen LogP contribution in [0.25, 0.3) is 0 Å². The lowest BCUT2D eigenvalue weighted by Gasteiger charge is -2.34. The topological polar surface area (TPSA) is 79.4 Å². The molecule has 0 spiro atoms. The van der Waals surface area contributed by atoms with Crippen molar-refractivity contribution in [2.45, 2.75) is 30.2 Å². The number of nitrogens with one attached hydrogen (secondary N) is 1. The molecule has 2 aromatic carbocycles. The maximum Gasteiger partial charge on any atom is 0.257 e. The molecule has 1 amide bonds. The van der Waals surface area contributed by atoms with Crippen LogP contribution in [0.2, 0.25) is 10.0 Å². The lowest BCUT2D eigenvalue weighted by atomic mass is 9.99. The van der Waals surface area contributed by atoms with Gasteiger partial charge in [-0.15, -0.1) is 0 Å². The van der Waals surface area contributed by atoms with Crippen LogP contribution in [0.5, 0.6) is 0 Å². The fourth-order valence-corrected chi connectivity index (χ4v) is 5.87. The van der Waals surface area contributed by atoms with Gasteiger partial charge in [0.25, 0.3) is 5.91 Å². The van der Waals surface area contributed by atoms with Gasteiger partial charge in [0.1, 0.15) is 0 Å². The quantitative estimate of drug-likeness (QED) is 0.508. The van der Waals surface area contributed by atoms with Crippen LogP contribution in [0.1, 0.15) is 41.2 Å². The van der Waals surface area contributed by atoms with Crippen LogP contribution in [-0.4, -0.2) is 30.2 Å². The smallest absolute Gasteiger partial charge is 0.257 e. The average molecular weight is 490 g/mol. The molecule has 0 radical (unpaired) electrons. The van der Waals surface area contributed by atoms with Crippen molar-refractivity contribution in [2.24, 2.45) is 0 Å². The number of nitrogens with zero attached hydrogens (tertiary/aromatic N) is 2. The van der Waals surface area contributed by atoms with E-state index in [0.717, 1.165) is 24.8 Å². The van der Waals surface area contributed by atoms with Crippen molar-refractivity contribution < 1.29 is 13.2 Å². The number of pyridine rings is 1. The highest BCUT2D eigenvalue weighted by Crippen LogP contribution is 2.35. The summed E-state index contributed by atoms with van der Waals surface area (Å²) in [6, 6.07) is 14.2. The maximum atomic E-state index is 13.4. The van der Waals surface area contributed by atoms with Crippen molar-refractivity contribution >= 4 is 44.8 Å². The number of anilines is 1. The number of benzene rings is 2. The third kappa shape index (κ3) is 4.81. The van der Waals surface area contributed by atoms with Gasteiger partial charge in [-0.2, -0.15) is 4.31 Å². The molecule has 1 saturated heterocycles. The lowest BCUT2D eigenvalue weighted by Crippen LogP contribution is -2.38. The fourth-order valence-electron chi connectivity index (χ4n) is 3.81. The minimum atomic E-state index is -3.71. The normalized spacial score (nSPS) is 17.1. The van der Waals surface area contributed by atoms with Gasteiger partial charge >= 0.3 is 0 Å². The number of hydrogen-bond acceptors (Lipinski definition) is 4. The van der Waals surface area contributed by atoms with Crippen LogP contribution in [0, 0.1) is 0 Å². The molecule has 1 fully saturated rings. The maximum absolute atomic E-state index is 13.4. The summed E-state index contributed by atoms with van der Waals surface area (Å²) < 4.78 is 28.3. The van der Waals surface area contributed by atoms with E-state index in [2.05, 4.69) is 10.3 Å². The summed E-state index contributed by atoms with van der Waals surface area (Å²) in [5.74, 6) is -0.430. The summed E-state index contributed by atoms with van der Waals surface area (Å²) in [5.41, 5.74) is 1.58. The number of sulfonamides is 1. The van der Waals surface area contributed by atoms with E-state index in [0.29, 0.717) is 17.3 Å². The highest BCUT2D eigenvalue weighted by atomic mass is 35.5. The minimum Gasteiger partial charge on any atom is -0.322 e. The Morgan fingerprint density at radius 3 is 2.56 bits per heavy atom. The molecule has 166 valence electrons. The van der Waals surface area contributed by atoms with Crippen molar-refractivity contribution in [3.63, 3.8) is 0 Å². The van der Waals surface area contributed by atoms with Crippen LogP contribution in [-0.2, 0) is 10.0 Å².